The summed E-state index contributed by atoms with van der Waals surface area (Å²) in [6.45, 7) is 2.70. The molecule has 0 bridgehead atoms. The fraction of sp³-hybridized carbons (Fsp3) is 0.273. The maximum Gasteiger partial charge on any atom is 0.267 e. The lowest BCUT2D eigenvalue weighted by molar-refractivity contribution is -0.137. The first-order valence-electron chi connectivity index (χ1n) is 10.3. The first-order valence-corrected chi connectivity index (χ1v) is 11.1. The van der Waals surface area contributed by atoms with Crippen molar-refractivity contribution in [2.45, 2.75) is 32.0 Å². The van der Waals surface area contributed by atoms with E-state index in [2.05, 4.69) is 36.6 Å². The second-order valence-corrected chi connectivity index (χ2v) is 8.41. The van der Waals surface area contributed by atoms with E-state index in [1.807, 2.05) is 55.5 Å². The zero-order valence-corrected chi connectivity index (χ0v) is 18.9. The normalized spacial score (nSPS) is 20.0. The highest BCUT2D eigenvalue weighted by atomic mass is 79.9. The van der Waals surface area contributed by atoms with Gasteiger partial charge in [-0.15, -0.1) is 0 Å². The molecule has 3 heterocycles. The summed E-state index contributed by atoms with van der Waals surface area (Å²) in [6.07, 6.45) is 2.26. The molecule has 2 unspecified atom stereocenters. The minimum absolute atomic E-state index is 0.0116. The van der Waals surface area contributed by atoms with E-state index < -0.39 is 0 Å². The van der Waals surface area contributed by atoms with Crippen molar-refractivity contribution < 1.29 is 14.1 Å². The summed E-state index contributed by atoms with van der Waals surface area (Å²) >= 11 is 3.44. The Morgan fingerprint density at radius 2 is 2.09 bits per heavy atom. The van der Waals surface area contributed by atoms with Gasteiger partial charge in [0.25, 0.3) is 5.91 Å². The van der Waals surface area contributed by atoms with Crippen molar-refractivity contribution in [3.8, 4) is 17.1 Å². The lowest BCUT2D eigenvalue weighted by atomic mass is 10.0. The van der Waals surface area contributed by atoms with Crippen molar-refractivity contribution in [2.24, 2.45) is 5.10 Å². The summed E-state index contributed by atoms with van der Waals surface area (Å²) in [5.41, 5.74) is 5.26. The Morgan fingerprint density at radius 3 is 2.88 bits per heavy atom. The minimum atomic E-state index is -0.350. The molecule has 5 rings (SSSR count). The molecular weight excluding hydrogens is 476 g/mol. The average Bonchev–Trinajstić information content (AvgIpc) is 3.44. The molecule has 2 aliphatic rings. The fourth-order valence-corrected chi connectivity index (χ4v) is 4.22. The molecule has 2 aromatic carbocycles. The maximum absolute atomic E-state index is 13.1. The highest BCUT2D eigenvalue weighted by Gasteiger charge is 2.41. The molecule has 1 aromatic heterocycles. The monoisotopic (exact) mass is 496 g/mol. The molecule has 0 aliphatic carbocycles. The zero-order chi connectivity index (χ0) is 22.1. The Kier molecular flexibility index (Phi) is 5.62. The van der Waals surface area contributed by atoms with Crippen LogP contribution in [-0.4, -0.2) is 45.1 Å². The van der Waals surface area contributed by atoms with Crippen LogP contribution < -0.4 is 10.2 Å². The Hall–Kier alpha value is -3.24. The molecule has 1 amide bonds. The number of benzene rings is 2. The molecule has 2 atom stereocenters. The molecule has 164 valence electrons. The average molecular weight is 497 g/mol. The topological polar surface area (TPSA) is 96.1 Å². The maximum atomic E-state index is 13.1. The summed E-state index contributed by atoms with van der Waals surface area (Å²) < 4.78 is 11.8. The van der Waals surface area contributed by atoms with Crippen molar-refractivity contribution in [3.05, 3.63) is 64.5 Å². The third kappa shape index (κ3) is 4.11. The predicted octanol–water partition coefficient (Wildman–Crippen LogP) is 3.50. The number of hydrogen-bond donors (Lipinski definition) is 1. The van der Waals surface area contributed by atoms with E-state index in [1.165, 1.54) is 5.01 Å². The second-order valence-electron chi connectivity index (χ2n) is 7.49. The number of nitrogens with zero attached hydrogens (tertiary/aromatic N) is 5. The SMILES string of the molecule is CCOc1ccc(C2CC3C(=O)N(Cc4nc(-c5cccc(Br)c5)no4)N=CN3N2)cc1. The zero-order valence-electron chi connectivity index (χ0n) is 17.3. The number of hydrogen-bond acceptors (Lipinski definition) is 8. The molecular formula is C22H21BrN6O3. The summed E-state index contributed by atoms with van der Waals surface area (Å²) in [5.74, 6) is 1.51. The van der Waals surface area contributed by atoms with Gasteiger partial charge in [-0.2, -0.15) is 10.1 Å². The Morgan fingerprint density at radius 1 is 1.25 bits per heavy atom. The van der Waals surface area contributed by atoms with E-state index >= 15 is 0 Å². The first kappa shape index (κ1) is 20.7. The summed E-state index contributed by atoms with van der Waals surface area (Å²) in [5, 5.41) is 11.4. The number of fused-ring (bicyclic) bond motifs is 1. The van der Waals surface area contributed by atoms with Crippen LogP contribution in [0.4, 0.5) is 0 Å². The van der Waals surface area contributed by atoms with E-state index in [0.29, 0.717) is 24.7 Å². The van der Waals surface area contributed by atoms with Gasteiger partial charge in [-0.05, 0) is 43.2 Å². The van der Waals surface area contributed by atoms with Gasteiger partial charge in [-0.25, -0.2) is 10.4 Å². The standard InChI is InChI=1S/C22H21BrN6O3/c1-2-31-17-8-6-14(7-9-17)18-11-19-22(30)28(24-13-29(19)26-18)12-20-25-21(27-32-20)15-4-3-5-16(23)10-15/h3-10,13,18-19,26H,2,11-12H2,1H3. The third-order valence-corrected chi connectivity index (χ3v) is 5.88. The molecule has 1 N–H and O–H groups in total. The molecule has 32 heavy (non-hydrogen) atoms. The van der Waals surface area contributed by atoms with Crippen LogP contribution in [0.25, 0.3) is 11.4 Å². The van der Waals surface area contributed by atoms with E-state index in [9.17, 15) is 4.79 Å². The van der Waals surface area contributed by atoms with E-state index in [0.717, 1.165) is 21.3 Å². The van der Waals surface area contributed by atoms with Gasteiger partial charge in [0.2, 0.25) is 11.7 Å². The van der Waals surface area contributed by atoms with Crippen molar-refractivity contribution in [2.75, 3.05) is 6.61 Å². The van der Waals surface area contributed by atoms with Crippen LogP contribution in [0.5, 0.6) is 5.75 Å². The molecule has 10 heteroatoms. The fourth-order valence-electron chi connectivity index (χ4n) is 3.82. The van der Waals surface area contributed by atoms with Gasteiger partial charge in [-0.3, -0.25) is 9.80 Å². The molecule has 1 fully saturated rings. The van der Waals surface area contributed by atoms with Crippen LogP contribution in [0.15, 0.2) is 62.6 Å². The molecule has 0 saturated carbocycles. The molecule has 2 aliphatic heterocycles. The van der Waals surface area contributed by atoms with Crippen LogP contribution in [0.2, 0.25) is 0 Å². The second kappa shape index (κ2) is 8.71. The molecule has 0 radical (unpaired) electrons. The van der Waals surface area contributed by atoms with Gasteiger partial charge in [0.05, 0.1) is 12.6 Å². The van der Waals surface area contributed by atoms with Gasteiger partial charge < -0.3 is 9.26 Å². The van der Waals surface area contributed by atoms with Crippen molar-refractivity contribution in [1.29, 1.82) is 0 Å². The van der Waals surface area contributed by atoms with Gasteiger partial charge in [-0.1, -0.05) is 45.4 Å². The Balaban J connectivity index is 1.25. The highest BCUT2D eigenvalue weighted by Crippen LogP contribution is 2.31. The van der Waals surface area contributed by atoms with E-state index in [4.69, 9.17) is 9.26 Å². The van der Waals surface area contributed by atoms with Crippen LogP contribution in [0.3, 0.4) is 0 Å². The quantitative estimate of drug-likeness (QED) is 0.557. The smallest absolute Gasteiger partial charge is 0.267 e. The van der Waals surface area contributed by atoms with Gasteiger partial charge in [0.1, 0.15) is 24.7 Å². The van der Waals surface area contributed by atoms with Crippen LogP contribution in [0.1, 0.15) is 30.8 Å². The number of amides is 1. The van der Waals surface area contributed by atoms with Gasteiger partial charge in [0, 0.05) is 10.0 Å². The number of rotatable bonds is 6. The number of hydrazone groups is 1. The third-order valence-electron chi connectivity index (χ3n) is 5.38. The number of aromatic nitrogens is 2. The van der Waals surface area contributed by atoms with Crippen molar-refractivity contribution in [3.63, 3.8) is 0 Å². The van der Waals surface area contributed by atoms with Crippen LogP contribution in [0, 0.1) is 0 Å². The lowest BCUT2D eigenvalue weighted by Crippen LogP contribution is -2.50. The first-order chi connectivity index (χ1) is 15.6. The summed E-state index contributed by atoms with van der Waals surface area (Å²) in [6, 6.07) is 15.2. The number of ether oxygens (including phenoxy) is 1. The largest absolute Gasteiger partial charge is 0.494 e. The number of carbonyl (C=O) groups is 1. The number of carbonyl (C=O) groups excluding carboxylic acids is 1. The van der Waals surface area contributed by atoms with Crippen LogP contribution in [-0.2, 0) is 11.3 Å². The van der Waals surface area contributed by atoms with E-state index in [-0.39, 0.29) is 24.5 Å². The highest BCUT2D eigenvalue weighted by molar-refractivity contribution is 9.10. The van der Waals surface area contributed by atoms with Gasteiger partial charge in [0.15, 0.2) is 0 Å². The number of hydrazine groups is 1. The van der Waals surface area contributed by atoms with Crippen LogP contribution >= 0.6 is 15.9 Å². The summed E-state index contributed by atoms with van der Waals surface area (Å²) in [4.78, 5) is 17.5. The Bertz CT molecular complexity index is 1150. The number of nitrogens with one attached hydrogen (secondary N) is 1. The van der Waals surface area contributed by atoms with Crippen molar-refractivity contribution in [1.82, 2.24) is 25.6 Å². The predicted molar refractivity (Wildman–Crippen MR) is 120 cm³/mol. The molecule has 1 saturated heterocycles. The molecule has 9 nitrogen and oxygen atoms in total. The van der Waals surface area contributed by atoms with Gasteiger partial charge >= 0.3 is 0 Å². The lowest BCUT2D eigenvalue weighted by Gasteiger charge is -2.29. The minimum Gasteiger partial charge on any atom is -0.494 e. The van der Waals surface area contributed by atoms with E-state index in [1.54, 1.807) is 11.3 Å². The summed E-state index contributed by atoms with van der Waals surface area (Å²) in [7, 11) is 0. The molecule has 3 aromatic rings. The molecule has 0 spiro atoms. The van der Waals surface area contributed by atoms with Crippen molar-refractivity contribution >= 4 is 28.2 Å². The number of halogens is 1. The Labute approximate surface area is 193 Å².